The largest absolute Gasteiger partial charge is 0.393 e. The van der Waals surface area contributed by atoms with Crippen LogP contribution in [0.2, 0.25) is 0 Å². The van der Waals surface area contributed by atoms with Crippen LogP contribution in [0.3, 0.4) is 0 Å². The van der Waals surface area contributed by atoms with Gasteiger partial charge in [0.25, 0.3) is 0 Å². The third-order valence-corrected chi connectivity index (χ3v) is 4.91. The van der Waals surface area contributed by atoms with Crippen molar-refractivity contribution in [1.29, 1.82) is 0 Å². The second-order valence-electron chi connectivity index (χ2n) is 5.44. The molecular weight excluding hydrogens is 302 g/mol. The van der Waals surface area contributed by atoms with E-state index in [9.17, 15) is 5.11 Å². The number of tetrazole rings is 1. The summed E-state index contributed by atoms with van der Waals surface area (Å²) in [5, 5.41) is 24.0. The van der Waals surface area contributed by atoms with Gasteiger partial charge in [-0.15, -0.1) is 16.4 Å². The van der Waals surface area contributed by atoms with Gasteiger partial charge in [0.05, 0.1) is 19.3 Å². The Morgan fingerprint density at radius 2 is 2.27 bits per heavy atom. The summed E-state index contributed by atoms with van der Waals surface area (Å²) in [4.78, 5) is 3.58. The lowest BCUT2D eigenvalue weighted by Gasteiger charge is -2.35. The van der Waals surface area contributed by atoms with Gasteiger partial charge in [0, 0.05) is 25.1 Å². The predicted octanol–water partition coefficient (Wildman–Crippen LogP) is 0.927. The molecule has 1 aliphatic heterocycles. The fourth-order valence-corrected chi connectivity index (χ4v) is 3.66. The second-order valence-corrected chi connectivity index (χ2v) is 6.42. The van der Waals surface area contributed by atoms with E-state index in [-0.39, 0.29) is 12.1 Å². The number of nitrogens with zero attached hydrogens (tertiary/aromatic N) is 5. The summed E-state index contributed by atoms with van der Waals surface area (Å²) in [7, 11) is 1.67. The molecule has 1 unspecified atom stereocenters. The average molecular weight is 323 g/mol. The summed E-state index contributed by atoms with van der Waals surface area (Å²) < 4.78 is 6.96. The monoisotopic (exact) mass is 323 g/mol. The molecule has 0 saturated carbocycles. The number of rotatable bonds is 6. The Labute approximate surface area is 133 Å². The van der Waals surface area contributed by atoms with Gasteiger partial charge in [-0.2, -0.15) is 0 Å². The molecule has 1 aliphatic rings. The Bertz CT molecular complexity index is 566. The maximum absolute atomic E-state index is 9.75. The van der Waals surface area contributed by atoms with Gasteiger partial charge in [-0.1, -0.05) is 6.07 Å². The van der Waals surface area contributed by atoms with Crippen LogP contribution in [0.25, 0.3) is 0 Å². The van der Waals surface area contributed by atoms with Crippen LogP contribution in [-0.4, -0.2) is 63.1 Å². The van der Waals surface area contributed by atoms with E-state index < -0.39 is 0 Å². The highest BCUT2D eigenvalue weighted by atomic mass is 32.1. The molecule has 0 bridgehead atoms. The van der Waals surface area contributed by atoms with Crippen molar-refractivity contribution in [2.45, 2.75) is 31.5 Å². The van der Waals surface area contributed by atoms with Crippen molar-refractivity contribution in [3.05, 3.63) is 28.2 Å². The molecule has 22 heavy (non-hydrogen) atoms. The lowest BCUT2D eigenvalue weighted by atomic mass is 10.0. The number of ether oxygens (including phenoxy) is 1. The molecule has 8 heteroatoms. The number of aliphatic hydroxyl groups is 1. The molecule has 0 spiro atoms. The number of piperidine rings is 1. The van der Waals surface area contributed by atoms with Crippen molar-refractivity contribution in [3.8, 4) is 0 Å². The molecule has 3 rings (SSSR count). The first kappa shape index (κ1) is 15.5. The smallest absolute Gasteiger partial charge is 0.173 e. The van der Waals surface area contributed by atoms with Gasteiger partial charge < -0.3 is 9.84 Å². The fourth-order valence-electron chi connectivity index (χ4n) is 2.81. The Balaban J connectivity index is 1.87. The Hall–Kier alpha value is -1.35. The third-order valence-electron chi connectivity index (χ3n) is 3.99. The molecule has 0 aromatic carbocycles. The van der Waals surface area contributed by atoms with Gasteiger partial charge >= 0.3 is 0 Å². The molecule has 7 nitrogen and oxygen atoms in total. The molecule has 0 aliphatic carbocycles. The summed E-state index contributed by atoms with van der Waals surface area (Å²) in [6.07, 6.45) is 1.40. The molecular formula is C14H21N5O2S. The van der Waals surface area contributed by atoms with Crippen LogP contribution in [0.5, 0.6) is 0 Å². The first-order valence-electron chi connectivity index (χ1n) is 7.50. The van der Waals surface area contributed by atoms with Gasteiger partial charge in [-0.05, 0) is 34.7 Å². The van der Waals surface area contributed by atoms with E-state index in [2.05, 4.69) is 37.9 Å². The standard InChI is InChI=1S/C14H21N5O2S/c1-21-9-8-19-14(15-16-17-19)13(12-3-2-10-22-12)18-6-4-11(20)5-7-18/h2-3,10-11,13,20H,4-9H2,1H3. The molecule has 0 amide bonds. The van der Waals surface area contributed by atoms with E-state index in [1.54, 1.807) is 18.4 Å². The molecule has 120 valence electrons. The Morgan fingerprint density at radius 3 is 2.95 bits per heavy atom. The first-order valence-corrected chi connectivity index (χ1v) is 8.38. The van der Waals surface area contributed by atoms with E-state index >= 15 is 0 Å². The Morgan fingerprint density at radius 1 is 1.45 bits per heavy atom. The van der Waals surface area contributed by atoms with Crippen LogP contribution in [0.15, 0.2) is 17.5 Å². The maximum atomic E-state index is 9.75. The molecule has 2 aromatic rings. The van der Waals surface area contributed by atoms with Crippen LogP contribution in [0, 0.1) is 0 Å². The van der Waals surface area contributed by atoms with Crippen molar-refractivity contribution in [3.63, 3.8) is 0 Å². The molecule has 1 fully saturated rings. The number of hydrogen-bond acceptors (Lipinski definition) is 7. The third kappa shape index (κ3) is 3.35. The molecule has 3 heterocycles. The minimum atomic E-state index is -0.190. The number of methoxy groups -OCH3 is 1. The lowest BCUT2D eigenvalue weighted by Crippen LogP contribution is -2.39. The van der Waals surface area contributed by atoms with Crippen molar-refractivity contribution in [2.75, 3.05) is 26.8 Å². The van der Waals surface area contributed by atoms with Gasteiger partial charge in [-0.25, -0.2) is 4.68 Å². The van der Waals surface area contributed by atoms with E-state index in [0.29, 0.717) is 13.2 Å². The normalized spacial score (nSPS) is 18.6. The van der Waals surface area contributed by atoms with E-state index in [1.807, 2.05) is 4.68 Å². The van der Waals surface area contributed by atoms with Crippen LogP contribution >= 0.6 is 11.3 Å². The average Bonchev–Trinajstić information content (AvgIpc) is 3.20. The Kier molecular flexibility index (Phi) is 5.14. The highest BCUT2D eigenvalue weighted by molar-refractivity contribution is 7.10. The lowest BCUT2D eigenvalue weighted by molar-refractivity contribution is 0.0663. The van der Waals surface area contributed by atoms with Crippen molar-refractivity contribution < 1.29 is 9.84 Å². The molecule has 1 N–H and O–H groups in total. The van der Waals surface area contributed by atoms with E-state index in [4.69, 9.17) is 4.74 Å². The molecule has 0 radical (unpaired) electrons. The van der Waals surface area contributed by atoms with Crippen LogP contribution in [-0.2, 0) is 11.3 Å². The highest BCUT2D eigenvalue weighted by Gasteiger charge is 2.31. The molecule has 2 aromatic heterocycles. The zero-order valence-corrected chi connectivity index (χ0v) is 13.4. The molecule has 1 atom stereocenters. The second kappa shape index (κ2) is 7.28. The minimum Gasteiger partial charge on any atom is -0.393 e. The van der Waals surface area contributed by atoms with Gasteiger partial charge in [0.15, 0.2) is 5.82 Å². The minimum absolute atomic E-state index is 0.0411. The predicted molar refractivity (Wildman–Crippen MR) is 82.7 cm³/mol. The van der Waals surface area contributed by atoms with E-state index in [1.165, 1.54) is 4.88 Å². The highest BCUT2D eigenvalue weighted by Crippen LogP contribution is 2.32. The zero-order chi connectivity index (χ0) is 15.4. The fraction of sp³-hybridized carbons (Fsp3) is 0.643. The van der Waals surface area contributed by atoms with Crippen molar-refractivity contribution in [1.82, 2.24) is 25.1 Å². The maximum Gasteiger partial charge on any atom is 0.173 e. The van der Waals surface area contributed by atoms with Gasteiger partial charge in [0.2, 0.25) is 0 Å². The summed E-state index contributed by atoms with van der Waals surface area (Å²) in [6.45, 7) is 2.91. The van der Waals surface area contributed by atoms with Crippen LogP contribution in [0.4, 0.5) is 0 Å². The van der Waals surface area contributed by atoms with Gasteiger partial charge in [0.1, 0.15) is 6.04 Å². The SMILES string of the molecule is COCCn1nnnc1C(c1cccs1)N1CCC(O)CC1. The van der Waals surface area contributed by atoms with E-state index in [0.717, 1.165) is 31.8 Å². The van der Waals surface area contributed by atoms with Crippen molar-refractivity contribution in [2.24, 2.45) is 0 Å². The van der Waals surface area contributed by atoms with Crippen LogP contribution < -0.4 is 0 Å². The zero-order valence-electron chi connectivity index (χ0n) is 12.6. The van der Waals surface area contributed by atoms with Gasteiger partial charge in [-0.3, -0.25) is 4.90 Å². The first-order chi connectivity index (χ1) is 10.8. The number of hydrogen-bond donors (Lipinski definition) is 1. The summed E-state index contributed by atoms with van der Waals surface area (Å²) in [5.74, 6) is 0.843. The number of aromatic nitrogens is 4. The number of thiophene rings is 1. The number of aliphatic hydroxyl groups excluding tert-OH is 1. The van der Waals surface area contributed by atoms with Crippen LogP contribution in [0.1, 0.15) is 29.6 Å². The van der Waals surface area contributed by atoms with Crippen molar-refractivity contribution >= 4 is 11.3 Å². The molecule has 1 saturated heterocycles. The summed E-state index contributed by atoms with van der Waals surface area (Å²) in [6, 6.07) is 4.21. The topological polar surface area (TPSA) is 76.3 Å². The number of likely N-dealkylation sites (tertiary alicyclic amines) is 1. The summed E-state index contributed by atoms with van der Waals surface area (Å²) in [5.41, 5.74) is 0. The summed E-state index contributed by atoms with van der Waals surface area (Å²) >= 11 is 1.71. The quantitative estimate of drug-likeness (QED) is 0.852.